The monoisotopic (exact) mass is 354 g/mol. The van der Waals surface area contributed by atoms with Gasteiger partial charge >= 0.3 is 0 Å². The summed E-state index contributed by atoms with van der Waals surface area (Å²) in [6, 6.07) is 13.0. The van der Waals surface area contributed by atoms with Gasteiger partial charge in [-0.3, -0.25) is 9.78 Å². The van der Waals surface area contributed by atoms with E-state index in [0.717, 1.165) is 21.9 Å². The van der Waals surface area contributed by atoms with Gasteiger partial charge in [0.25, 0.3) is 5.91 Å². The van der Waals surface area contributed by atoms with Crippen molar-refractivity contribution in [1.82, 2.24) is 10.3 Å². The van der Waals surface area contributed by atoms with Gasteiger partial charge in [0, 0.05) is 33.9 Å². The quantitative estimate of drug-likeness (QED) is 0.742. The highest BCUT2D eigenvalue weighted by Crippen LogP contribution is 2.29. The predicted molar refractivity (Wildman–Crippen MR) is 101 cm³/mol. The van der Waals surface area contributed by atoms with Crippen molar-refractivity contribution >= 4 is 28.3 Å². The first kappa shape index (κ1) is 17.4. The third kappa shape index (κ3) is 3.81. The number of halogens is 1. The summed E-state index contributed by atoms with van der Waals surface area (Å²) in [5.41, 5.74) is 1.78. The summed E-state index contributed by atoms with van der Waals surface area (Å²) < 4.78 is 0. The fraction of sp³-hybridized carbons (Fsp3) is 0.200. The van der Waals surface area contributed by atoms with Gasteiger partial charge in [0.1, 0.15) is 0 Å². The van der Waals surface area contributed by atoms with E-state index < -0.39 is 5.54 Å². The lowest BCUT2D eigenvalue weighted by molar-refractivity contribution is 0.0869. The maximum Gasteiger partial charge on any atom is 0.251 e. The van der Waals surface area contributed by atoms with Gasteiger partial charge in [0.05, 0.1) is 12.1 Å². The molecule has 4 nitrogen and oxygen atoms in total. The maximum atomic E-state index is 12.5. The molecular formula is C20H19ClN2O2. The molecule has 0 saturated heterocycles. The molecule has 3 rings (SSSR count). The van der Waals surface area contributed by atoms with Crippen molar-refractivity contribution in [2.24, 2.45) is 0 Å². The molecule has 2 N–H and O–H groups in total. The average Bonchev–Trinajstić information content (AvgIpc) is 2.61. The molecule has 1 aromatic heterocycles. The van der Waals surface area contributed by atoms with Gasteiger partial charge in [-0.05, 0) is 49.1 Å². The molecule has 0 fully saturated rings. The topological polar surface area (TPSA) is 62.2 Å². The Morgan fingerprint density at radius 3 is 2.56 bits per heavy atom. The minimum Gasteiger partial charge on any atom is -0.394 e. The summed E-state index contributed by atoms with van der Waals surface area (Å²) in [6.07, 6.45) is 3.55. The molecule has 1 heterocycles. The molecule has 128 valence electrons. The number of aliphatic hydroxyl groups excluding tert-OH is 1. The zero-order valence-corrected chi connectivity index (χ0v) is 14.8. The first-order valence-electron chi connectivity index (χ1n) is 7.97. The third-order valence-corrected chi connectivity index (χ3v) is 4.28. The predicted octanol–water partition coefficient (Wildman–Crippen LogP) is 4.06. The van der Waals surface area contributed by atoms with Crippen LogP contribution in [0.5, 0.6) is 0 Å². The molecule has 0 aliphatic heterocycles. The van der Waals surface area contributed by atoms with E-state index in [9.17, 15) is 9.90 Å². The molecule has 0 unspecified atom stereocenters. The van der Waals surface area contributed by atoms with Gasteiger partial charge in [-0.2, -0.15) is 0 Å². The highest BCUT2D eigenvalue weighted by atomic mass is 35.5. The van der Waals surface area contributed by atoms with E-state index in [0.29, 0.717) is 10.6 Å². The molecule has 0 spiro atoms. The van der Waals surface area contributed by atoms with Gasteiger partial charge in [0.2, 0.25) is 0 Å². The summed E-state index contributed by atoms with van der Waals surface area (Å²) in [4.78, 5) is 16.8. The number of carbonyl (C=O) groups excluding carboxylic acids is 1. The lowest BCUT2D eigenvalue weighted by Gasteiger charge is -2.23. The third-order valence-electron chi connectivity index (χ3n) is 4.03. The molecule has 5 heteroatoms. The number of benzene rings is 2. The van der Waals surface area contributed by atoms with Gasteiger partial charge in [-0.25, -0.2) is 0 Å². The Balaban J connectivity index is 2.06. The number of nitrogens with zero attached hydrogens (tertiary/aromatic N) is 1. The summed E-state index contributed by atoms with van der Waals surface area (Å²) in [5, 5.41) is 14.7. The van der Waals surface area contributed by atoms with Crippen LogP contribution in [-0.4, -0.2) is 28.1 Å². The Kier molecular flexibility index (Phi) is 4.75. The van der Waals surface area contributed by atoms with Crippen LogP contribution in [0.4, 0.5) is 0 Å². The Bertz CT molecular complexity index is 921. The van der Waals surface area contributed by atoms with E-state index in [1.165, 1.54) is 0 Å². The van der Waals surface area contributed by atoms with Crippen molar-refractivity contribution < 1.29 is 9.90 Å². The van der Waals surface area contributed by atoms with Gasteiger partial charge in [-0.15, -0.1) is 0 Å². The first-order valence-corrected chi connectivity index (χ1v) is 8.34. The van der Waals surface area contributed by atoms with Crippen LogP contribution in [0.3, 0.4) is 0 Å². The van der Waals surface area contributed by atoms with Crippen LogP contribution in [-0.2, 0) is 0 Å². The largest absolute Gasteiger partial charge is 0.394 e. The minimum atomic E-state index is -0.677. The Morgan fingerprint density at radius 1 is 1.16 bits per heavy atom. The summed E-state index contributed by atoms with van der Waals surface area (Å²) in [7, 11) is 0. The number of hydrogen-bond donors (Lipinski definition) is 2. The van der Waals surface area contributed by atoms with Crippen molar-refractivity contribution in [3.05, 3.63) is 65.4 Å². The lowest BCUT2D eigenvalue weighted by atomic mass is 9.98. The zero-order valence-electron chi connectivity index (χ0n) is 14.1. The van der Waals surface area contributed by atoms with Crippen LogP contribution < -0.4 is 5.32 Å². The van der Waals surface area contributed by atoms with Crippen LogP contribution in [0.25, 0.3) is 21.9 Å². The lowest BCUT2D eigenvalue weighted by Crippen LogP contribution is -2.46. The summed E-state index contributed by atoms with van der Waals surface area (Å²) in [6.45, 7) is 3.41. The molecular weight excluding hydrogens is 336 g/mol. The normalized spacial score (nSPS) is 11.5. The second kappa shape index (κ2) is 6.82. The Labute approximate surface area is 151 Å². The fourth-order valence-corrected chi connectivity index (χ4v) is 2.71. The number of pyridine rings is 1. The van der Waals surface area contributed by atoms with Crippen molar-refractivity contribution in [2.75, 3.05) is 6.61 Å². The number of hydrogen-bond acceptors (Lipinski definition) is 3. The zero-order chi connectivity index (χ0) is 18.0. The van der Waals surface area contributed by atoms with Crippen LogP contribution in [0, 0.1) is 0 Å². The molecule has 3 aromatic rings. The van der Waals surface area contributed by atoms with Crippen LogP contribution in [0.1, 0.15) is 24.2 Å². The number of nitrogens with one attached hydrogen (secondary N) is 1. The van der Waals surface area contributed by atoms with E-state index in [1.54, 1.807) is 32.3 Å². The van der Waals surface area contributed by atoms with Crippen LogP contribution in [0.15, 0.2) is 54.9 Å². The minimum absolute atomic E-state index is 0.133. The second-order valence-corrected chi connectivity index (χ2v) is 7.06. The van der Waals surface area contributed by atoms with Crippen LogP contribution in [0.2, 0.25) is 5.02 Å². The van der Waals surface area contributed by atoms with Crippen molar-refractivity contribution in [1.29, 1.82) is 0 Å². The first-order chi connectivity index (χ1) is 11.9. The van der Waals surface area contributed by atoms with E-state index in [4.69, 9.17) is 11.6 Å². The highest BCUT2D eigenvalue weighted by molar-refractivity contribution is 6.30. The average molecular weight is 355 g/mol. The molecule has 2 aromatic carbocycles. The highest BCUT2D eigenvalue weighted by Gasteiger charge is 2.20. The molecule has 0 aliphatic rings. The number of fused-ring (bicyclic) bond motifs is 1. The second-order valence-electron chi connectivity index (χ2n) is 6.63. The van der Waals surface area contributed by atoms with Crippen LogP contribution >= 0.6 is 11.6 Å². The summed E-state index contributed by atoms with van der Waals surface area (Å²) >= 11 is 5.97. The maximum absolute atomic E-state index is 12.5. The van der Waals surface area contributed by atoms with E-state index in [-0.39, 0.29) is 12.5 Å². The molecule has 1 amide bonds. The van der Waals surface area contributed by atoms with E-state index in [2.05, 4.69) is 10.3 Å². The van der Waals surface area contributed by atoms with Crippen molar-refractivity contribution in [3.63, 3.8) is 0 Å². The fourth-order valence-electron chi connectivity index (χ4n) is 2.58. The number of aliphatic hydroxyl groups is 1. The molecule has 0 atom stereocenters. The Morgan fingerprint density at radius 2 is 1.88 bits per heavy atom. The smallest absolute Gasteiger partial charge is 0.251 e. The van der Waals surface area contributed by atoms with Crippen molar-refractivity contribution in [3.8, 4) is 11.1 Å². The van der Waals surface area contributed by atoms with Gasteiger partial charge < -0.3 is 10.4 Å². The van der Waals surface area contributed by atoms with Gasteiger partial charge in [-0.1, -0.05) is 29.8 Å². The van der Waals surface area contributed by atoms with Crippen molar-refractivity contribution in [2.45, 2.75) is 19.4 Å². The molecule has 0 radical (unpaired) electrons. The van der Waals surface area contributed by atoms with Gasteiger partial charge in [0.15, 0.2) is 0 Å². The summed E-state index contributed by atoms with van der Waals surface area (Å²) in [5.74, 6) is -0.222. The number of rotatable bonds is 4. The molecule has 25 heavy (non-hydrogen) atoms. The SMILES string of the molecule is CC(C)(CO)NC(=O)c1ccc2cncc(-c3ccc(Cl)cc3)c2c1. The number of carbonyl (C=O) groups is 1. The van der Waals surface area contributed by atoms with E-state index >= 15 is 0 Å². The molecule has 0 aliphatic carbocycles. The number of amides is 1. The Hall–Kier alpha value is -2.43. The number of aromatic nitrogens is 1. The molecule has 0 saturated carbocycles. The van der Waals surface area contributed by atoms with E-state index in [1.807, 2.05) is 36.4 Å². The standard InChI is InChI=1S/C20H19ClN2O2/c1-20(2,12-24)23-19(25)14-3-4-15-10-22-11-18(17(15)9-14)13-5-7-16(21)8-6-13/h3-11,24H,12H2,1-2H3,(H,23,25). The molecule has 0 bridgehead atoms.